The number of H-pyrrole nitrogens is 1. The van der Waals surface area contributed by atoms with Crippen molar-refractivity contribution in [3.63, 3.8) is 0 Å². The van der Waals surface area contributed by atoms with Gasteiger partial charge in [0.2, 0.25) is 0 Å². The number of allylic oxidation sites excluding steroid dienone is 2. The van der Waals surface area contributed by atoms with Gasteiger partial charge in [0.25, 0.3) is 0 Å². The molecule has 2 aliphatic heterocycles. The molecular weight excluding hydrogens is 384 g/mol. The first-order valence-electron chi connectivity index (χ1n) is 9.70. The fourth-order valence-electron chi connectivity index (χ4n) is 4.64. The number of Topliss-reactive ketones (excluding diaryl/α,β-unsaturated/α-hetero) is 1. The Morgan fingerprint density at radius 1 is 1.24 bits per heavy atom. The number of carbonyl (C=O) groups excluding carboxylic acids is 1. The first-order valence-corrected chi connectivity index (χ1v) is 10.1. The number of phenolic OH excluding ortho intramolecular Hbond substituents is 1. The number of aromatic hydroxyl groups is 1. The number of benzene rings is 2. The van der Waals surface area contributed by atoms with Gasteiger partial charge in [-0.15, -0.1) is 0 Å². The van der Waals surface area contributed by atoms with Crippen LogP contribution in [0.2, 0.25) is 5.02 Å². The number of hydrogen-bond donors (Lipinski definition) is 2. The first-order chi connectivity index (χ1) is 13.9. The molecular formula is C24H21ClN2O2. The van der Waals surface area contributed by atoms with E-state index in [4.69, 9.17) is 11.6 Å². The first kappa shape index (κ1) is 18.1. The molecule has 3 heterocycles. The van der Waals surface area contributed by atoms with E-state index in [2.05, 4.69) is 41.9 Å². The maximum atomic E-state index is 13.1. The van der Waals surface area contributed by atoms with Crippen molar-refractivity contribution >= 4 is 28.3 Å². The van der Waals surface area contributed by atoms with Crippen LogP contribution < -0.4 is 0 Å². The molecule has 5 heteroatoms. The van der Waals surface area contributed by atoms with Crippen LogP contribution in [0.1, 0.15) is 35.5 Å². The molecule has 3 aromatic rings. The van der Waals surface area contributed by atoms with Gasteiger partial charge in [0.15, 0.2) is 5.78 Å². The minimum absolute atomic E-state index is 0.0590. The summed E-state index contributed by atoms with van der Waals surface area (Å²) < 4.78 is 0. The SMILES string of the molecule is CC1=CC(C(=O)c2cc(Cl)ccc2O)=CN2CCc3c([nH]c4ccccc34)C12C. The molecule has 1 aromatic heterocycles. The maximum Gasteiger partial charge on any atom is 0.198 e. The van der Waals surface area contributed by atoms with Crippen molar-refractivity contribution in [2.45, 2.75) is 25.8 Å². The van der Waals surface area contributed by atoms with Crippen molar-refractivity contribution in [2.24, 2.45) is 0 Å². The number of halogens is 1. The van der Waals surface area contributed by atoms with Crippen LogP contribution in [0.3, 0.4) is 0 Å². The van der Waals surface area contributed by atoms with Gasteiger partial charge in [-0.1, -0.05) is 29.8 Å². The van der Waals surface area contributed by atoms with Crippen LogP contribution >= 0.6 is 11.6 Å². The summed E-state index contributed by atoms with van der Waals surface area (Å²) in [5, 5.41) is 11.8. The van der Waals surface area contributed by atoms with E-state index < -0.39 is 0 Å². The quantitative estimate of drug-likeness (QED) is 0.568. The molecule has 0 radical (unpaired) electrons. The lowest BCUT2D eigenvalue weighted by atomic mass is 9.78. The summed E-state index contributed by atoms with van der Waals surface area (Å²) in [6.45, 7) is 5.07. The Hall–Kier alpha value is -2.98. The van der Waals surface area contributed by atoms with Crippen LogP contribution in [-0.2, 0) is 12.0 Å². The summed E-state index contributed by atoms with van der Waals surface area (Å²) in [6.07, 6.45) is 4.76. The topological polar surface area (TPSA) is 56.3 Å². The second-order valence-electron chi connectivity index (χ2n) is 7.94. The van der Waals surface area contributed by atoms with Gasteiger partial charge in [-0.25, -0.2) is 0 Å². The van der Waals surface area contributed by atoms with E-state index in [1.807, 2.05) is 18.3 Å². The number of hydrogen-bond acceptors (Lipinski definition) is 3. The Morgan fingerprint density at radius 2 is 2.03 bits per heavy atom. The van der Waals surface area contributed by atoms with Gasteiger partial charge < -0.3 is 15.0 Å². The molecule has 0 saturated carbocycles. The highest BCUT2D eigenvalue weighted by atomic mass is 35.5. The number of rotatable bonds is 2. The molecule has 0 saturated heterocycles. The average Bonchev–Trinajstić information content (AvgIpc) is 3.10. The van der Waals surface area contributed by atoms with Crippen LogP contribution in [0, 0.1) is 0 Å². The van der Waals surface area contributed by atoms with Gasteiger partial charge in [-0.2, -0.15) is 0 Å². The molecule has 0 spiro atoms. The van der Waals surface area contributed by atoms with E-state index in [1.165, 1.54) is 28.8 Å². The van der Waals surface area contributed by atoms with Gasteiger partial charge in [0, 0.05) is 39.9 Å². The molecule has 4 nitrogen and oxygen atoms in total. The molecule has 146 valence electrons. The smallest absolute Gasteiger partial charge is 0.198 e. The Morgan fingerprint density at radius 3 is 2.86 bits per heavy atom. The van der Waals surface area contributed by atoms with E-state index in [-0.39, 0.29) is 22.6 Å². The minimum Gasteiger partial charge on any atom is -0.507 e. The number of nitrogens with one attached hydrogen (secondary N) is 1. The highest BCUT2D eigenvalue weighted by Gasteiger charge is 2.43. The summed E-state index contributed by atoms with van der Waals surface area (Å²) in [7, 11) is 0. The number of para-hydroxylation sites is 1. The third-order valence-electron chi connectivity index (χ3n) is 6.38. The second-order valence-corrected chi connectivity index (χ2v) is 8.38. The maximum absolute atomic E-state index is 13.1. The monoisotopic (exact) mass is 404 g/mol. The fraction of sp³-hybridized carbons (Fsp3) is 0.208. The number of aromatic amines is 1. The fourth-order valence-corrected chi connectivity index (χ4v) is 4.81. The Kier molecular flexibility index (Phi) is 3.90. The molecule has 29 heavy (non-hydrogen) atoms. The number of fused-ring (bicyclic) bond motifs is 5. The molecule has 5 rings (SSSR count). The summed E-state index contributed by atoms with van der Waals surface area (Å²) >= 11 is 6.04. The van der Waals surface area contributed by atoms with E-state index >= 15 is 0 Å². The molecule has 2 N–H and O–H groups in total. The number of nitrogens with zero attached hydrogens (tertiary/aromatic N) is 1. The largest absolute Gasteiger partial charge is 0.507 e. The van der Waals surface area contributed by atoms with Gasteiger partial charge in [-0.05, 0) is 61.7 Å². The molecule has 1 atom stereocenters. The second kappa shape index (κ2) is 6.26. The van der Waals surface area contributed by atoms with E-state index in [1.54, 1.807) is 6.07 Å². The molecule has 0 amide bonds. The van der Waals surface area contributed by atoms with Crippen molar-refractivity contribution in [2.75, 3.05) is 6.54 Å². The average molecular weight is 405 g/mol. The highest BCUT2D eigenvalue weighted by Crippen LogP contribution is 2.46. The molecule has 0 fully saturated rings. The standard InChI is InChI=1S/C24H21ClN2O2/c1-14-11-15(22(29)19-12-16(25)7-8-21(19)28)13-27-10-9-18-17-5-3-4-6-20(17)26-23(18)24(14,27)2/h3-8,11-13,26,28H,9-10H2,1-2H3. The van der Waals surface area contributed by atoms with Gasteiger partial charge in [0.05, 0.1) is 11.1 Å². The zero-order valence-electron chi connectivity index (χ0n) is 16.3. The predicted octanol–water partition coefficient (Wildman–Crippen LogP) is 5.33. The van der Waals surface area contributed by atoms with Crippen molar-refractivity contribution in [1.82, 2.24) is 9.88 Å². The van der Waals surface area contributed by atoms with E-state index in [9.17, 15) is 9.90 Å². The normalized spacial score (nSPS) is 20.7. The highest BCUT2D eigenvalue weighted by molar-refractivity contribution is 6.31. The third kappa shape index (κ3) is 2.56. The number of aromatic nitrogens is 1. The lowest BCUT2D eigenvalue weighted by Crippen LogP contribution is -2.48. The summed E-state index contributed by atoms with van der Waals surface area (Å²) in [6, 6.07) is 12.9. The van der Waals surface area contributed by atoms with Crippen LogP contribution in [0.25, 0.3) is 10.9 Å². The molecule has 2 aromatic carbocycles. The lowest BCUT2D eigenvalue weighted by Gasteiger charge is -2.47. The van der Waals surface area contributed by atoms with Crippen molar-refractivity contribution in [1.29, 1.82) is 0 Å². The molecule has 0 bridgehead atoms. The summed E-state index contributed by atoms with van der Waals surface area (Å²) in [5.74, 6) is -0.287. The van der Waals surface area contributed by atoms with Crippen molar-refractivity contribution < 1.29 is 9.90 Å². The zero-order chi connectivity index (χ0) is 20.3. The number of carbonyl (C=O) groups is 1. The van der Waals surface area contributed by atoms with E-state index in [0.717, 1.165) is 24.1 Å². The predicted molar refractivity (Wildman–Crippen MR) is 115 cm³/mol. The Labute approximate surface area is 174 Å². The van der Waals surface area contributed by atoms with Gasteiger partial charge in [0.1, 0.15) is 5.75 Å². The summed E-state index contributed by atoms with van der Waals surface area (Å²) in [4.78, 5) is 19.0. The van der Waals surface area contributed by atoms with Crippen molar-refractivity contribution in [3.8, 4) is 5.75 Å². The number of ketones is 1. The minimum atomic E-state index is -0.341. The molecule has 2 aliphatic rings. The van der Waals surface area contributed by atoms with Gasteiger partial charge in [-0.3, -0.25) is 4.79 Å². The van der Waals surface area contributed by atoms with Gasteiger partial charge >= 0.3 is 0 Å². The van der Waals surface area contributed by atoms with Crippen molar-refractivity contribution in [3.05, 3.63) is 87.7 Å². The van der Waals surface area contributed by atoms with Crippen LogP contribution in [0.5, 0.6) is 5.75 Å². The Bertz CT molecular complexity index is 1240. The van der Waals surface area contributed by atoms with Crippen LogP contribution in [-0.4, -0.2) is 27.3 Å². The van der Waals surface area contributed by atoms with Crippen LogP contribution in [0.4, 0.5) is 0 Å². The lowest BCUT2D eigenvalue weighted by molar-refractivity contribution is 0.102. The Balaban J connectivity index is 1.60. The molecule has 1 unspecified atom stereocenters. The van der Waals surface area contributed by atoms with Crippen LogP contribution in [0.15, 0.2) is 65.9 Å². The van der Waals surface area contributed by atoms with E-state index in [0.29, 0.717) is 10.6 Å². The molecule has 0 aliphatic carbocycles. The number of phenols is 1. The third-order valence-corrected chi connectivity index (χ3v) is 6.61. The zero-order valence-corrected chi connectivity index (χ0v) is 17.0. The summed E-state index contributed by atoms with van der Waals surface area (Å²) in [5.41, 5.74) is 5.19.